The fourth-order valence-electron chi connectivity index (χ4n) is 4.46. The SMILES string of the molecule is CC(C)[n+]1c(-c2ccccc2)c(-c2ccccc2)n(-c2ccccc2)c1-c1ccccc1.[O-][Cl+3]([O-])([O-])[O-]. The molecule has 188 valence electrons. The lowest BCUT2D eigenvalue weighted by molar-refractivity contribution is -2.00. The van der Waals surface area contributed by atoms with Gasteiger partial charge in [0.05, 0.1) is 11.6 Å². The Balaban J connectivity index is 0.000000586. The van der Waals surface area contributed by atoms with Crippen molar-refractivity contribution in [2.24, 2.45) is 0 Å². The molecule has 0 radical (unpaired) electrons. The molecule has 1 heterocycles. The molecule has 0 spiro atoms. The maximum Gasteiger partial charge on any atom is 0.295 e. The lowest BCUT2D eigenvalue weighted by atomic mass is 10.0. The van der Waals surface area contributed by atoms with E-state index >= 15 is 0 Å². The monoisotopic (exact) mass is 514 g/mol. The van der Waals surface area contributed by atoms with Crippen molar-refractivity contribution in [1.29, 1.82) is 0 Å². The predicted molar refractivity (Wildman–Crippen MR) is 133 cm³/mol. The first-order valence-electron chi connectivity index (χ1n) is 11.8. The molecule has 7 heteroatoms. The summed E-state index contributed by atoms with van der Waals surface area (Å²) in [4.78, 5) is 0. The number of imidazole rings is 1. The van der Waals surface area contributed by atoms with Crippen LogP contribution in [-0.2, 0) is 0 Å². The summed E-state index contributed by atoms with van der Waals surface area (Å²) >= 11 is 0. The van der Waals surface area contributed by atoms with Gasteiger partial charge in [-0.3, -0.25) is 0 Å². The zero-order valence-corrected chi connectivity index (χ0v) is 21.3. The van der Waals surface area contributed by atoms with Gasteiger partial charge in [-0.25, -0.2) is 23.2 Å². The molecule has 0 aliphatic carbocycles. The van der Waals surface area contributed by atoms with Crippen LogP contribution in [0.2, 0.25) is 0 Å². The number of hydrogen-bond acceptors (Lipinski definition) is 4. The van der Waals surface area contributed by atoms with Crippen LogP contribution in [0, 0.1) is 10.2 Å². The van der Waals surface area contributed by atoms with E-state index in [1.165, 1.54) is 33.9 Å². The van der Waals surface area contributed by atoms with Gasteiger partial charge >= 0.3 is 0 Å². The molecular weight excluding hydrogens is 488 g/mol. The standard InChI is InChI=1S/C30H27N2.ClHO4/c1-23(2)31-28(24-15-7-3-8-16-24)29(25-17-9-4-10-18-25)32(27-21-13-6-14-22-27)30(31)26-19-11-5-12-20-26;2-1(3,4)5/h3-23H,1-2H3;(H,2,3,4,5)/q+1;/p-1. The highest BCUT2D eigenvalue weighted by Gasteiger charge is 2.35. The molecule has 5 aromatic rings. The molecule has 0 unspecified atom stereocenters. The molecule has 4 aromatic carbocycles. The van der Waals surface area contributed by atoms with Crippen LogP contribution in [0.25, 0.3) is 39.6 Å². The van der Waals surface area contributed by atoms with Crippen molar-refractivity contribution in [3.63, 3.8) is 0 Å². The fourth-order valence-corrected chi connectivity index (χ4v) is 4.46. The Kier molecular flexibility index (Phi) is 8.18. The first-order valence-corrected chi connectivity index (χ1v) is 13.0. The molecule has 0 aliphatic rings. The molecule has 5 rings (SSSR count). The molecular formula is C30H27ClN2O4. The summed E-state index contributed by atoms with van der Waals surface area (Å²) in [5.74, 6) is 1.18. The summed E-state index contributed by atoms with van der Waals surface area (Å²) < 4.78 is 38.9. The summed E-state index contributed by atoms with van der Waals surface area (Å²) in [5, 5.41) is 0. The van der Waals surface area contributed by atoms with E-state index < -0.39 is 10.2 Å². The number of halogens is 1. The van der Waals surface area contributed by atoms with Crippen LogP contribution in [0.4, 0.5) is 0 Å². The lowest BCUT2D eigenvalue weighted by Gasteiger charge is -2.17. The second-order valence-electron chi connectivity index (χ2n) is 8.63. The summed E-state index contributed by atoms with van der Waals surface area (Å²) in [5.41, 5.74) is 7.20. The third kappa shape index (κ3) is 6.32. The minimum Gasteiger partial charge on any atom is -0.222 e. The number of nitrogens with zero attached hydrogens (tertiary/aromatic N) is 2. The van der Waals surface area contributed by atoms with Crippen LogP contribution < -0.4 is 23.2 Å². The summed E-state index contributed by atoms with van der Waals surface area (Å²) in [6, 6.07) is 43.2. The van der Waals surface area contributed by atoms with Crippen molar-refractivity contribution < 1.29 is 33.4 Å². The second-order valence-corrected chi connectivity index (χ2v) is 9.39. The summed E-state index contributed by atoms with van der Waals surface area (Å²) in [6.07, 6.45) is 0. The average molecular weight is 515 g/mol. The Bertz CT molecular complexity index is 1310. The molecule has 0 amide bonds. The number of aromatic nitrogens is 2. The molecule has 0 atom stereocenters. The third-order valence-corrected chi connectivity index (χ3v) is 5.79. The number of benzene rings is 4. The average Bonchev–Trinajstić information content (AvgIpc) is 3.26. The zero-order chi connectivity index (χ0) is 26.4. The van der Waals surface area contributed by atoms with Gasteiger partial charge in [-0.2, -0.15) is 4.57 Å². The van der Waals surface area contributed by atoms with Gasteiger partial charge < -0.3 is 0 Å². The van der Waals surface area contributed by atoms with Gasteiger partial charge in [-0.15, -0.1) is 10.2 Å². The Morgan fingerprint density at radius 3 is 1.38 bits per heavy atom. The van der Waals surface area contributed by atoms with Gasteiger partial charge in [0.1, 0.15) is 5.69 Å². The highest BCUT2D eigenvalue weighted by Crippen LogP contribution is 2.38. The largest absolute Gasteiger partial charge is 0.295 e. The first-order chi connectivity index (χ1) is 17.8. The van der Waals surface area contributed by atoms with E-state index in [2.05, 4.69) is 144 Å². The normalized spacial score (nSPS) is 11.2. The quantitative estimate of drug-likeness (QED) is 0.336. The number of para-hydroxylation sites is 1. The number of rotatable bonds is 5. The van der Waals surface area contributed by atoms with Gasteiger partial charge in [0, 0.05) is 11.1 Å². The van der Waals surface area contributed by atoms with E-state index in [0.29, 0.717) is 0 Å². The highest BCUT2D eigenvalue weighted by atomic mass is 35.7. The van der Waals surface area contributed by atoms with Crippen LogP contribution in [-0.4, -0.2) is 4.57 Å². The summed E-state index contributed by atoms with van der Waals surface area (Å²) in [7, 11) is -4.94. The second kappa shape index (κ2) is 11.5. The summed E-state index contributed by atoms with van der Waals surface area (Å²) in [6.45, 7) is 4.53. The topological polar surface area (TPSA) is 101 Å². The molecule has 0 saturated carbocycles. The van der Waals surface area contributed by atoms with E-state index in [0.717, 1.165) is 5.69 Å². The Labute approximate surface area is 218 Å². The lowest BCUT2D eigenvalue weighted by Crippen LogP contribution is -2.68. The van der Waals surface area contributed by atoms with E-state index in [1.807, 2.05) is 0 Å². The van der Waals surface area contributed by atoms with Gasteiger partial charge in [-0.1, -0.05) is 97.1 Å². The van der Waals surface area contributed by atoms with Crippen LogP contribution >= 0.6 is 0 Å². The molecule has 0 fully saturated rings. The molecule has 0 bridgehead atoms. The van der Waals surface area contributed by atoms with Crippen LogP contribution in [0.15, 0.2) is 121 Å². The van der Waals surface area contributed by atoms with Crippen LogP contribution in [0.3, 0.4) is 0 Å². The number of hydrogen-bond donors (Lipinski definition) is 0. The van der Waals surface area contributed by atoms with E-state index in [-0.39, 0.29) is 6.04 Å². The molecule has 0 aliphatic heterocycles. The van der Waals surface area contributed by atoms with Crippen LogP contribution in [0.1, 0.15) is 19.9 Å². The zero-order valence-electron chi connectivity index (χ0n) is 20.5. The van der Waals surface area contributed by atoms with Gasteiger partial charge in [0.15, 0.2) is 11.4 Å². The van der Waals surface area contributed by atoms with E-state index in [1.54, 1.807) is 0 Å². The van der Waals surface area contributed by atoms with Crippen LogP contribution in [0.5, 0.6) is 0 Å². The maximum absolute atomic E-state index is 8.49. The van der Waals surface area contributed by atoms with E-state index in [4.69, 9.17) is 18.6 Å². The van der Waals surface area contributed by atoms with Crippen molar-refractivity contribution in [2.45, 2.75) is 19.9 Å². The molecule has 1 aromatic heterocycles. The maximum atomic E-state index is 8.49. The highest BCUT2D eigenvalue weighted by molar-refractivity contribution is 5.81. The molecule has 6 nitrogen and oxygen atoms in total. The van der Waals surface area contributed by atoms with Gasteiger partial charge in [-0.05, 0) is 38.1 Å². The first kappa shape index (κ1) is 26.3. The smallest absolute Gasteiger partial charge is 0.222 e. The van der Waals surface area contributed by atoms with Crippen molar-refractivity contribution in [2.75, 3.05) is 0 Å². The molecule has 0 N–H and O–H groups in total. The molecule has 37 heavy (non-hydrogen) atoms. The van der Waals surface area contributed by atoms with E-state index in [9.17, 15) is 0 Å². The van der Waals surface area contributed by atoms with Crippen molar-refractivity contribution >= 4 is 0 Å². The van der Waals surface area contributed by atoms with Gasteiger partial charge in [0.25, 0.3) is 5.82 Å². The third-order valence-electron chi connectivity index (χ3n) is 5.79. The molecule has 0 saturated heterocycles. The van der Waals surface area contributed by atoms with Crippen molar-refractivity contribution in [3.8, 4) is 39.6 Å². The minimum atomic E-state index is -4.94. The Morgan fingerprint density at radius 1 is 0.568 bits per heavy atom. The van der Waals surface area contributed by atoms with Gasteiger partial charge in [0.2, 0.25) is 0 Å². The fraction of sp³-hybridized carbons (Fsp3) is 0.100. The van der Waals surface area contributed by atoms with Crippen molar-refractivity contribution in [1.82, 2.24) is 4.57 Å². The minimum absolute atomic E-state index is 0.271. The van der Waals surface area contributed by atoms with Crippen molar-refractivity contribution in [3.05, 3.63) is 121 Å². The Morgan fingerprint density at radius 2 is 0.946 bits per heavy atom. The Hall–Kier alpha value is -3.78. The predicted octanol–water partition coefficient (Wildman–Crippen LogP) is 2.59.